The Hall–Kier alpha value is -1.87. The van der Waals surface area contributed by atoms with Gasteiger partial charge < -0.3 is 10.0 Å². The summed E-state index contributed by atoms with van der Waals surface area (Å²) in [6.07, 6.45) is 1.98. The monoisotopic (exact) mass is 311 g/mol. The first-order chi connectivity index (χ1) is 11.1. The maximum atomic E-state index is 13.0. The number of fused-ring (bicyclic) bond motifs is 1. The second-order valence-electron chi connectivity index (χ2n) is 6.79. The number of hydrogen-bond acceptors (Lipinski definition) is 2. The van der Waals surface area contributed by atoms with Crippen LogP contribution in [0.15, 0.2) is 42.5 Å². The third kappa shape index (κ3) is 3.25. The van der Waals surface area contributed by atoms with Crippen molar-refractivity contribution in [1.29, 1.82) is 0 Å². The van der Waals surface area contributed by atoms with Crippen LogP contribution in [0, 0.1) is 5.92 Å². The number of rotatable bonds is 3. The van der Waals surface area contributed by atoms with Gasteiger partial charge in [0.1, 0.15) is 0 Å². The molecule has 3 unspecified atom stereocenters. The van der Waals surface area contributed by atoms with Crippen LogP contribution in [0.25, 0.3) is 10.8 Å². The van der Waals surface area contributed by atoms with Crippen LogP contribution in [0.4, 0.5) is 0 Å². The van der Waals surface area contributed by atoms with E-state index >= 15 is 0 Å². The molecule has 3 rings (SSSR count). The molecule has 1 aliphatic heterocycles. The van der Waals surface area contributed by atoms with Crippen LogP contribution in [-0.2, 0) is 4.79 Å². The van der Waals surface area contributed by atoms with Gasteiger partial charge in [-0.1, -0.05) is 42.5 Å². The highest BCUT2D eigenvalue weighted by atomic mass is 16.3. The quantitative estimate of drug-likeness (QED) is 0.941. The second-order valence-corrected chi connectivity index (χ2v) is 6.79. The van der Waals surface area contributed by atoms with Gasteiger partial charge >= 0.3 is 0 Å². The number of likely N-dealkylation sites (tertiary alicyclic amines) is 1. The van der Waals surface area contributed by atoms with Gasteiger partial charge in [-0.15, -0.1) is 0 Å². The Morgan fingerprint density at radius 1 is 1.22 bits per heavy atom. The smallest absolute Gasteiger partial charge is 0.230 e. The molecule has 0 saturated carbocycles. The van der Waals surface area contributed by atoms with Gasteiger partial charge in [0.2, 0.25) is 5.91 Å². The highest BCUT2D eigenvalue weighted by Gasteiger charge is 2.31. The predicted octanol–water partition coefficient (Wildman–Crippen LogP) is 3.56. The van der Waals surface area contributed by atoms with Crippen LogP contribution in [0.1, 0.15) is 38.2 Å². The third-order valence-corrected chi connectivity index (χ3v) is 5.16. The molecule has 23 heavy (non-hydrogen) atoms. The summed E-state index contributed by atoms with van der Waals surface area (Å²) in [7, 11) is 0. The molecule has 1 heterocycles. The highest BCUT2D eigenvalue weighted by Crippen LogP contribution is 2.28. The summed E-state index contributed by atoms with van der Waals surface area (Å²) in [4.78, 5) is 14.9. The minimum absolute atomic E-state index is 0.153. The molecule has 122 valence electrons. The van der Waals surface area contributed by atoms with Crippen molar-refractivity contribution in [3.8, 4) is 0 Å². The van der Waals surface area contributed by atoms with Crippen molar-refractivity contribution in [3.63, 3.8) is 0 Å². The molecule has 0 radical (unpaired) electrons. The van der Waals surface area contributed by atoms with Crippen molar-refractivity contribution < 1.29 is 9.90 Å². The van der Waals surface area contributed by atoms with E-state index in [1.165, 1.54) is 10.8 Å². The number of hydrogen-bond donors (Lipinski definition) is 1. The summed E-state index contributed by atoms with van der Waals surface area (Å²) in [5.41, 5.74) is 1.06. The predicted molar refractivity (Wildman–Crippen MR) is 93.3 cm³/mol. The van der Waals surface area contributed by atoms with E-state index in [1.807, 2.05) is 24.0 Å². The molecule has 2 aromatic rings. The molecule has 0 aromatic heterocycles. The van der Waals surface area contributed by atoms with E-state index in [4.69, 9.17) is 0 Å². The fraction of sp³-hybridized carbons (Fsp3) is 0.450. The Kier molecular flexibility index (Phi) is 4.67. The Balaban J connectivity index is 1.82. The van der Waals surface area contributed by atoms with Crippen LogP contribution in [0.2, 0.25) is 0 Å². The zero-order valence-corrected chi connectivity index (χ0v) is 13.9. The molecule has 3 nitrogen and oxygen atoms in total. The zero-order chi connectivity index (χ0) is 16.4. The second kappa shape index (κ2) is 6.71. The van der Waals surface area contributed by atoms with Gasteiger partial charge in [-0.25, -0.2) is 0 Å². The molecule has 0 aliphatic carbocycles. The molecule has 0 spiro atoms. The van der Waals surface area contributed by atoms with Gasteiger partial charge in [-0.3, -0.25) is 4.79 Å². The number of nitrogens with zero attached hydrogens (tertiary/aromatic N) is 1. The highest BCUT2D eigenvalue weighted by molar-refractivity contribution is 5.87. The van der Waals surface area contributed by atoms with Crippen molar-refractivity contribution in [3.05, 3.63) is 48.0 Å². The summed E-state index contributed by atoms with van der Waals surface area (Å²) in [6, 6.07) is 14.8. The standard InChI is InChI=1S/C20H25NO2/c1-14-7-8-16(13-22)12-21(14)20(23)15(2)18-10-9-17-5-3-4-6-19(17)11-18/h3-6,9-11,14-16,22H,7-8,12-13H2,1-2H3. The minimum atomic E-state index is -0.153. The minimum Gasteiger partial charge on any atom is -0.396 e. The van der Waals surface area contributed by atoms with E-state index < -0.39 is 0 Å². The Bertz CT molecular complexity index is 697. The van der Waals surface area contributed by atoms with E-state index in [0.717, 1.165) is 18.4 Å². The lowest BCUT2D eigenvalue weighted by atomic mass is 9.91. The van der Waals surface area contributed by atoms with Crippen molar-refractivity contribution in [2.45, 2.75) is 38.6 Å². The molecular weight excluding hydrogens is 286 g/mol. The van der Waals surface area contributed by atoms with Crippen LogP contribution >= 0.6 is 0 Å². The molecule has 2 aromatic carbocycles. The van der Waals surface area contributed by atoms with E-state index in [2.05, 4.69) is 37.3 Å². The topological polar surface area (TPSA) is 40.5 Å². The van der Waals surface area contributed by atoms with Gasteiger partial charge in [0.25, 0.3) is 0 Å². The molecule has 1 amide bonds. The number of carbonyl (C=O) groups is 1. The number of aliphatic hydroxyl groups excluding tert-OH is 1. The zero-order valence-electron chi connectivity index (χ0n) is 13.9. The first-order valence-electron chi connectivity index (χ1n) is 8.50. The number of piperidine rings is 1. The molecule has 0 bridgehead atoms. The van der Waals surface area contributed by atoms with Crippen LogP contribution in [0.3, 0.4) is 0 Å². The van der Waals surface area contributed by atoms with Gasteiger partial charge in [0.15, 0.2) is 0 Å². The van der Waals surface area contributed by atoms with Crippen molar-refractivity contribution >= 4 is 16.7 Å². The van der Waals surface area contributed by atoms with E-state index in [1.54, 1.807) is 0 Å². The van der Waals surface area contributed by atoms with Gasteiger partial charge in [0, 0.05) is 19.2 Å². The first-order valence-corrected chi connectivity index (χ1v) is 8.50. The molecule has 1 aliphatic rings. The van der Waals surface area contributed by atoms with Crippen molar-refractivity contribution in [1.82, 2.24) is 4.90 Å². The maximum Gasteiger partial charge on any atom is 0.230 e. The summed E-state index contributed by atoms with van der Waals surface area (Å²) >= 11 is 0. The lowest BCUT2D eigenvalue weighted by Crippen LogP contribution is -2.47. The maximum absolute atomic E-state index is 13.0. The van der Waals surface area contributed by atoms with E-state index in [0.29, 0.717) is 6.54 Å². The number of carbonyl (C=O) groups excluding carboxylic acids is 1. The van der Waals surface area contributed by atoms with E-state index in [-0.39, 0.29) is 30.4 Å². The number of aliphatic hydroxyl groups is 1. The molecule has 3 heteroatoms. The average molecular weight is 311 g/mol. The normalized spacial score (nSPS) is 23.0. The number of benzene rings is 2. The van der Waals surface area contributed by atoms with Crippen LogP contribution in [-0.4, -0.2) is 35.1 Å². The Labute approximate surface area is 137 Å². The third-order valence-electron chi connectivity index (χ3n) is 5.16. The van der Waals surface area contributed by atoms with Crippen molar-refractivity contribution in [2.75, 3.05) is 13.2 Å². The summed E-state index contributed by atoms with van der Waals surface area (Å²) in [6.45, 7) is 4.94. The lowest BCUT2D eigenvalue weighted by molar-refractivity contribution is -0.137. The largest absolute Gasteiger partial charge is 0.396 e. The van der Waals surface area contributed by atoms with Gasteiger partial charge in [-0.2, -0.15) is 0 Å². The SMILES string of the molecule is CC(C(=O)N1CC(CO)CCC1C)c1ccc2ccccc2c1. The Morgan fingerprint density at radius 2 is 1.96 bits per heavy atom. The summed E-state index contributed by atoms with van der Waals surface area (Å²) in [5.74, 6) is 0.240. The summed E-state index contributed by atoms with van der Waals surface area (Å²) < 4.78 is 0. The van der Waals surface area contributed by atoms with Crippen molar-refractivity contribution in [2.24, 2.45) is 5.92 Å². The first kappa shape index (κ1) is 16.0. The average Bonchev–Trinajstić information content (AvgIpc) is 2.60. The summed E-state index contributed by atoms with van der Waals surface area (Å²) in [5, 5.41) is 11.8. The van der Waals surface area contributed by atoms with Gasteiger partial charge in [-0.05, 0) is 48.9 Å². The van der Waals surface area contributed by atoms with Gasteiger partial charge in [0.05, 0.1) is 5.92 Å². The molecule has 1 saturated heterocycles. The fourth-order valence-electron chi connectivity index (χ4n) is 3.51. The van der Waals surface area contributed by atoms with Crippen LogP contribution < -0.4 is 0 Å². The molecule has 3 atom stereocenters. The molecule has 1 fully saturated rings. The molecular formula is C20H25NO2. The molecule has 1 N–H and O–H groups in total. The number of amides is 1. The van der Waals surface area contributed by atoms with Crippen LogP contribution in [0.5, 0.6) is 0 Å². The fourth-order valence-corrected chi connectivity index (χ4v) is 3.51. The van der Waals surface area contributed by atoms with E-state index in [9.17, 15) is 9.90 Å². The Morgan fingerprint density at radius 3 is 2.70 bits per heavy atom. The lowest BCUT2D eigenvalue weighted by Gasteiger charge is -2.39.